The van der Waals surface area contributed by atoms with Crippen molar-refractivity contribution in [2.75, 3.05) is 18.5 Å². The number of carbonyl (C=O) groups excluding carboxylic acids is 1. The minimum atomic E-state index is -0.102. The summed E-state index contributed by atoms with van der Waals surface area (Å²) in [6, 6.07) is 8.23. The van der Waals surface area contributed by atoms with Crippen LogP contribution in [0.1, 0.15) is 56.7 Å². The zero-order valence-electron chi connectivity index (χ0n) is 17.7. The number of aromatic nitrogens is 2. The fourth-order valence-electron chi connectivity index (χ4n) is 4.25. The maximum absolute atomic E-state index is 12.9. The Morgan fingerprint density at radius 3 is 2.57 bits per heavy atom. The molecule has 1 aromatic carbocycles. The van der Waals surface area contributed by atoms with Gasteiger partial charge in [-0.3, -0.25) is 14.4 Å². The number of carbonyl (C=O) groups is 1. The largest absolute Gasteiger partial charge is 0.461 e. The second-order valence-electron chi connectivity index (χ2n) is 8.10. The van der Waals surface area contributed by atoms with Crippen LogP contribution in [-0.4, -0.2) is 40.2 Å². The van der Waals surface area contributed by atoms with Gasteiger partial charge < -0.3 is 4.74 Å². The summed E-state index contributed by atoms with van der Waals surface area (Å²) in [6.45, 7) is 7.50. The molecule has 0 spiro atoms. The Morgan fingerprint density at radius 2 is 1.90 bits per heavy atom. The van der Waals surface area contributed by atoms with Crippen molar-refractivity contribution in [3.05, 3.63) is 47.1 Å². The SMILES string of the molecule is C=C1c2c(nc(OC3CCCCC3)n2Cc2ccc(Cl)cc2)N(C)C(=O)N1CCC. The smallest absolute Gasteiger partial charge is 0.329 e. The minimum Gasteiger partial charge on any atom is -0.461 e. The van der Waals surface area contributed by atoms with Gasteiger partial charge in [0.2, 0.25) is 0 Å². The Kier molecular flexibility index (Phi) is 6.04. The predicted octanol–water partition coefficient (Wildman–Crippen LogP) is 5.55. The molecule has 0 saturated heterocycles. The van der Waals surface area contributed by atoms with E-state index in [0.717, 1.165) is 30.5 Å². The van der Waals surface area contributed by atoms with Crippen molar-refractivity contribution >= 4 is 29.1 Å². The average Bonchev–Trinajstić information content (AvgIpc) is 3.10. The monoisotopic (exact) mass is 428 g/mol. The molecule has 7 heteroatoms. The van der Waals surface area contributed by atoms with Crippen molar-refractivity contribution in [2.45, 2.75) is 58.1 Å². The molecule has 1 fully saturated rings. The van der Waals surface area contributed by atoms with Crippen LogP contribution in [0.5, 0.6) is 6.01 Å². The van der Waals surface area contributed by atoms with Crippen LogP contribution in [0.3, 0.4) is 0 Å². The number of ether oxygens (including phenoxy) is 1. The second-order valence-corrected chi connectivity index (χ2v) is 8.53. The van der Waals surface area contributed by atoms with E-state index in [9.17, 15) is 4.79 Å². The maximum Gasteiger partial charge on any atom is 0.329 e. The average molecular weight is 429 g/mol. The van der Waals surface area contributed by atoms with E-state index in [1.807, 2.05) is 24.3 Å². The number of hydrogen-bond donors (Lipinski definition) is 0. The van der Waals surface area contributed by atoms with Crippen molar-refractivity contribution in [3.8, 4) is 6.01 Å². The fourth-order valence-corrected chi connectivity index (χ4v) is 4.38. The van der Waals surface area contributed by atoms with Crippen LogP contribution < -0.4 is 9.64 Å². The number of anilines is 1. The lowest BCUT2D eigenvalue weighted by Gasteiger charge is -2.34. The molecule has 0 N–H and O–H groups in total. The van der Waals surface area contributed by atoms with Crippen molar-refractivity contribution < 1.29 is 9.53 Å². The molecule has 1 aliphatic carbocycles. The van der Waals surface area contributed by atoms with Gasteiger partial charge in [0, 0.05) is 18.6 Å². The number of urea groups is 1. The van der Waals surface area contributed by atoms with Gasteiger partial charge in [-0.2, -0.15) is 4.98 Å². The summed E-state index contributed by atoms with van der Waals surface area (Å²) in [4.78, 5) is 21.0. The number of hydrogen-bond acceptors (Lipinski definition) is 3. The van der Waals surface area contributed by atoms with Gasteiger partial charge in [-0.15, -0.1) is 0 Å². The molecule has 2 aromatic rings. The highest BCUT2D eigenvalue weighted by atomic mass is 35.5. The van der Waals surface area contributed by atoms with E-state index in [2.05, 4.69) is 18.1 Å². The number of nitrogens with zero attached hydrogens (tertiary/aromatic N) is 4. The molecule has 30 heavy (non-hydrogen) atoms. The van der Waals surface area contributed by atoms with E-state index in [0.29, 0.717) is 35.6 Å². The van der Waals surface area contributed by atoms with Gasteiger partial charge in [0.1, 0.15) is 11.8 Å². The molecule has 6 nitrogen and oxygen atoms in total. The summed E-state index contributed by atoms with van der Waals surface area (Å²) >= 11 is 6.07. The summed E-state index contributed by atoms with van der Waals surface area (Å²) in [7, 11) is 1.76. The number of benzene rings is 1. The van der Waals surface area contributed by atoms with Crippen molar-refractivity contribution in [3.63, 3.8) is 0 Å². The molecular formula is C23H29ClN4O2. The van der Waals surface area contributed by atoms with Crippen LogP contribution in [-0.2, 0) is 6.54 Å². The topological polar surface area (TPSA) is 50.6 Å². The maximum atomic E-state index is 12.9. The lowest BCUT2D eigenvalue weighted by molar-refractivity contribution is 0.136. The van der Waals surface area contributed by atoms with Crippen molar-refractivity contribution in [1.29, 1.82) is 0 Å². The van der Waals surface area contributed by atoms with Gasteiger partial charge in [0.15, 0.2) is 5.82 Å². The molecule has 0 bridgehead atoms. The molecule has 4 rings (SSSR count). The molecule has 0 radical (unpaired) electrons. The molecule has 2 heterocycles. The van der Waals surface area contributed by atoms with Crippen molar-refractivity contribution in [1.82, 2.24) is 14.5 Å². The van der Waals surface area contributed by atoms with Crippen LogP contribution in [0.15, 0.2) is 30.8 Å². The van der Waals surface area contributed by atoms with E-state index >= 15 is 0 Å². The van der Waals surface area contributed by atoms with E-state index in [-0.39, 0.29) is 12.1 Å². The molecule has 0 unspecified atom stereocenters. The summed E-state index contributed by atoms with van der Waals surface area (Å²) in [5.74, 6) is 0.608. The molecule has 0 atom stereocenters. The van der Waals surface area contributed by atoms with Crippen molar-refractivity contribution in [2.24, 2.45) is 0 Å². The van der Waals surface area contributed by atoms with Crippen LogP contribution in [0, 0.1) is 0 Å². The fraction of sp³-hybridized carbons (Fsp3) is 0.478. The third-order valence-electron chi connectivity index (χ3n) is 5.87. The van der Waals surface area contributed by atoms with Crippen LogP contribution in [0.25, 0.3) is 5.70 Å². The first-order chi connectivity index (χ1) is 14.5. The Morgan fingerprint density at radius 1 is 1.20 bits per heavy atom. The highest BCUT2D eigenvalue weighted by Crippen LogP contribution is 2.38. The Balaban J connectivity index is 1.76. The van der Waals surface area contributed by atoms with E-state index in [4.69, 9.17) is 21.3 Å². The third-order valence-corrected chi connectivity index (χ3v) is 6.13. The van der Waals surface area contributed by atoms with Gasteiger partial charge in [-0.05, 0) is 49.8 Å². The zero-order valence-corrected chi connectivity index (χ0v) is 18.5. The number of fused-ring (bicyclic) bond motifs is 1. The number of rotatable bonds is 6. The first kappa shape index (κ1) is 20.8. The first-order valence-electron chi connectivity index (χ1n) is 10.8. The summed E-state index contributed by atoms with van der Waals surface area (Å²) < 4.78 is 8.45. The van der Waals surface area contributed by atoms with Crippen LogP contribution in [0.4, 0.5) is 10.6 Å². The van der Waals surface area contributed by atoms with E-state index in [1.165, 1.54) is 19.3 Å². The van der Waals surface area contributed by atoms with E-state index < -0.39 is 0 Å². The summed E-state index contributed by atoms with van der Waals surface area (Å²) in [6.07, 6.45) is 6.70. The third kappa shape index (κ3) is 3.93. The second kappa shape index (κ2) is 8.72. The number of amides is 2. The van der Waals surface area contributed by atoms with Crippen LogP contribution >= 0.6 is 11.6 Å². The zero-order chi connectivity index (χ0) is 21.3. The lowest BCUT2D eigenvalue weighted by atomic mass is 9.98. The predicted molar refractivity (Wildman–Crippen MR) is 120 cm³/mol. The summed E-state index contributed by atoms with van der Waals surface area (Å²) in [5, 5.41) is 0.703. The quantitative estimate of drug-likeness (QED) is 0.606. The Bertz CT molecular complexity index is 931. The van der Waals surface area contributed by atoms with Gasteiger partial charge >= 0.3 is 6.03 Å². The van der Waals surface area contributed by atoms with Gasteiger partial charge in [0.05, 0.1) is 12.2 Å². The molecular weight excluding hydrogens is 400 g/mol. The van der Waals surface area contributed by atoms with Gasteiger partial charge in [-0.1, -0.05) is 43.7 Å². The highest BCUT2D eigenvalue weighted by molar-refractivity contribution is 6.30. The molecule has 2 amide bonds. The number of halogens is 1. The first-order valence-corrected chi connectivity index (χ1v) is 11.1. The normalized spacial score (nSPS) is 17.4. The van der Waals surface area contributed by atoms with Gasteiger partial charge in [0.25, 0.3) is 6.01 Å². The molecule has 1 aromatic heterocycles. The number of imidazole rings is 1. The van der Waals surface area contributed by atoms with Gasteiger partial charge in [-0.25, -0.2) is 4.79 Å². The van der Waals surface area contributed by atoms with E-state index in [1.54, 1.807) is 16.8 Å². The lowest BCUT2D eigenvalue weighted by Crippen LogP contribution is -2.44. The Labute approximate surface area is 183 Å². The summed E-state index contributed by atoms with van der Waals surface area (Å²) in [5.41, 5.74) is 2.60. The molecule has 160 valence electrons. The molecule has 1 aliphatic heterocycles. The van der Waals surface area contributed by atoms with Crippen LogP contribution in [0.2, 0.25) is 5.02 Å². The minimum absolute atomic E-state index is 0.102. The Hall–Kier alpha value is -2.47. The molecule has 2 aliphatic rings. The highest BCUT2D eigenvalue weighted by Gasteiger charge is 2.37. The standard InChI is InChI=1S/C23H29ClN4O2/c1-4-14-27-16(2)20-21(26(3)23(27)29)25-22(30-19-8-6-5-7-9-19)28(20)15-17-10-12-18(24)13-11-17/h10-13,19H,2,4-9,14-15H2,1,3H3. The molecule has 1 saturated carbocycles.